The van der Waals surface area contributed by atoms with Crippen molar-refractivity contribution >= 4 is 46.8 Å². The highest BCUT2D eigenvalue weighted by Gasteiger charge is 2.36. The minimum atomic E-state index is -0.997. The van der Waals surface area contributed by atoms with E-state index >= 15 is 0 Å². The van der Waals surface area contributed by atoms with E-state index in [1.807, 2.05) is 11.8 Å². The summed E-state index contributed by atoms with van der Waals surface area (Å²) in [5.41, 5.74) is 0.954. The molecule has 3 heterocycles. The largest absolute Gasteiger partial charge is 0.466 e. The second-order valence-electron chi connectivity index (χ2n) is 8.42. The van der Waals surface area contributed by atoms with Crippen molar-refractivity contribution in [2.45, 2.75) is 39.0 Å². The van der Waals surface area contributed by atoms with Crippen LogP contribution in [0.1, 0.15) is 43.2 Å². The first-order valence-corrected chi connectivity index (χ1v) is 11.6. The smallest absolute Gasteiger partial charge is 0.309 e. The molecule has 0 radical (unpaired) electrons. The van der Waals surface area contributed by atoms with E-state index in [1.165, 1.54) is 0 Å². The molecule has 1 aromatic heterocycles. The van der Waals surface area contributed by atoms with Crippen molar-refractivity contribution in [3.05, 3.63) is 44.7 Å². The molecule has 1 fully saturated rings. The Morgan fingerprint density at radius 3 is 2.68 bits per heavy atom. The summed E-state index contributed by atoms with van der Waals surface area (Å²) in [6.07, 6.45) is 0.958. The van der Waals surface area contributed by atoms with E-state index in [9.17, 15) is 19.2 Å². The van der Waals surface area contributed by atoms with Gasteiger partial charge in [-0.3, -0.25) is 24.2 Å². The number of hydrogen-bond acceptors (Lipinski definition) is 7. The molecule has 180 valence electrons. The van der Waals surface area contributed by atoms with Crippen molar-refractivity contribution in [1.82, 2.24) is 9.97 Å². The standard InChI is InChI=1S/C23H26ClN5O5/c1-3-34-22(33)13-6-8-29(9-7-13)23-27-19-18(21(32)28-23)15(11-17(30)26-19)20(31)25-14-5-4-12(2)16(24)10-14/h4-5,10,13,15H,3,6-9,11H2,1-2H3,(H,25,31)(H2,26,27,28,30,32)/t15-/m0/s1. The Hall–Kier alpha value is -3.40. The molecule has 0 unspecified atom stereocenters. The van der Waals surface area contributed by atoms with E-state index in [1.54, 1.807) is 25.1 Å². The maximum absolute atomic E-state index is 13.0. The van der Waals surface area contributed by atoms with Gasteiger partial charge in [-0.25, -0.2) is 0 Å². The third kappa shape index (κ3) is 4.91. The van der Waals surface area contributed by atoms with Crippen LogP contribution in [0.5, 0.6) is 0 Å². The molecule has 0 saturated carbocycles. The normalized spacial score (nSPS) is 18.1. The maximum Gasteiger partial charge on any atom is 0.309 e. The molecule has 11 heteroatoms. The molecule has 2 aromatic rings. The molecule has 34 heavy (non-hydrogen) atoms. The fraction of sp³-hybridized carbons (Fsp3) is 0.435. The average molecular weight is 488 g/mol. The fourth-order valence-corrected chi connectivity index (χ4v) is 4.40. The summed E-state index contributed by atoms with van der Waals surface area (Å²) < 4.78 is 5.09. The van der Waals surface area contributed by atoms with Crippen molar-refractivity contribution in [3.8, 4) is 0 Å². The predicted octanol–water partition coefficient (Wildman–Crippen LogP) is 2.58. The first-order chi connectivity index (χ1) is 16.3. The third-order valence-corrected chi connectivity index (χ3v) is 6.52. The Morgan fingerprint density at radius 1 is 1.26 bits per heavy atom. The number of esters is 1. The first kappa shape index (κ1) is 23.7. The molecule has 0 spiro atoms. The van der Waals surface area contributed by atoms with Crippen LogP contribution in [-0.2, 0) is 19.1 Å². The number of benzene rings is 1. The molecule has 0 aliphatic carbocycles. The zero-order valence-corrected chi connectivity index (χ0v) is 19.7. The number of carbonyl (C=O) groups excluding carboxylic acids is 3. The van der Waals surface area contributed by atoms with Gasteiger partial charge in [0.15, 0.2) is 0 Å². The van der Waals surface area contributed by atoms with Gasteiger partial charge in [0.05, 0.1) is 24.0 Å². The lowest BCUT2D eigenvalue weighted by atomic mass is 9.92. The first-order valence-electron chi connectivity index (χ1n) is 11.2. The van der Waals surface area contributed by atoms with Gasteiger partial charge in [0.25, 0.3) is 5.56 Å². The van der Waals surface area contributed by atoms with Crippen LogP contribution in [-0.4, -0.2) is 47.4 Å². The number of amides is 2. The third-order valence-electron chi connectivity index (χ3n) is 6.11. The minimum absolute atomic E-state index is 0.0737. The lowest BCUT2D eigenvalue weighted by molar-refractivity contribution is -0.148. The highest BCUT2D eigenvalue weighted by atomic mass is 35.5. The molecule has 4 rings (SSSR count). The summed E-state index contributed by atoms with van der Waals surface area (Å²) in [5.74, 6) is -1.94. The predicted molar refractivity (Wildman–Crippen MR) is 127 cm³/mol. The van der Waals surface area contributed by atoms with Crippen molar-refractivity contribution in [3.63, 3.8) is 0 Å². The monoisotopic (exact) mass is 487 g/mol. The molecule has 2 aliphatic heterocycles. The fourth-order valence-electron chi connectivity index (χ4n) is 4.22. The molecule has 1 atom stereocenters. The van der Waals surface area contributed by atoms with Crippen LogP contribution in [0.2, 0.25) is 5.02 Å². The van der Waals surface area contributed by atoms with Gasteiger partial charge >= 0.3 is 5.97 Å². The summed E-state index contributed by atoms with van der Waals surface area (Å²) in [6, 6.07) is 5.09. The van der Waals surface area contributed by atoms with Gasteiger partial charge in [0, 0.05) is 30.2 Å². The van der Waals surface area contributed by atoms with Gasteiger partial charge in [-0.05, 0) is 44.4 Å². The number of rotatable bonds is 5. The van der Waals surface area contributed by atoms with Gasteiger partial charge in [-0.1, -0.05) is 17.7 Å². The van der Waals surface area contributed by atoms with Crippen LogP contribution in [0.3, 0.4) is 0 Å². The number of nitrogens with zero attached hydrogens (tertiary/aromatic N) is 2. The Bertz CT molecular complexity index is 1190. The van der Waals surface area contributed by atoms with Crippen molar-refractivity contribution in [2.75, 3.05) is 35.2 Å². The second kappa shape index (κ2) is 9.84. The molecule has 0 bridgehead atoms. The number of fused-ring (bicyclic) bond motifs is 1. The molecule has 3 N–H and O–H groups in total. The topological polar surface area (TPSA) is 133 Å². The van der Waals surface area contributed by atoms with E-state index in [0.717, 1.165) is 5.56 Å². The van der Waals surface area contributed by atoms with Crippen molar-refractivity contribution in [2.24, 2.45) is 5.92 Å². The number of H-pyrrole nitrogens is 1. The second-order valence-corrected chi connectivity index (χ2v) is 8.83. The van der Waals surface area contributed by atoms with Gasteiger partial charge in [0.2, 0.25) is 17.8 Å². The van der Waals surface area contributed by atoms with E-state index in [2.05, 4.69) is 20.6 Å². The van der Waals surface area contributed by atoms with Gasteiger partial charge in [-0.2, -0.15) is 4.98 Å². The number of aryl methyl sites for hydroxylation is 1. The van der Waals surface area contributed by atoms with E-state index in [4.69, 9.17) is 16.3 Å². The van der Waals surface area contributed by atoms with E-state index in [-0.39, 0.29) is 35.6 Å². The van der Waals surface area contributed by atoms with Crippen molar-refractivity contribution in [1.29, 1.82) is 0 Å². The summed E-state index contributed by atoms with van der Waals surface area (Å²) >= 11 is 6.13. The molecule has 2 amide bonds. The van der Waals surface area contributed by atoms with E-state index < -0.39 is 23.3 Å². The summed E-state index contributed by atoms with van der Waals surface area (Å²) in [6.45, 7) is 4.95. The minimum Gasteiger partial charge on any atom is -0.466 e. The molecular formula is C23H26ClN5O5. The highest BCUT2D eigenvalue weighted by molar-refractivity contribution is 6.31. The number of anilines is 3. The summed E-state index contributed by atoms with van der Waals surface area (Å²) in [5, 5.41) is 5.85. The summed E-state index contributed by atoms with van der Waals surface area (Å²) in [4.78, 5) is 59.4. The molecule has 1 saturated heterocycles. The SMILES string of the molecule is CCOC(=O)C1CCN(c2nc3c(c(=O)[nH]2)[C@@H](C(=O)Nc2ccc(C)c(Cl)c2)CC(=O)N3)CC1. The number of aromatic amines is 1. The number of ether oxygens (including phenoxy) is 1. The quantitative estimate of drug-likeness (QED) is 0.552. The number of hydrogen-bond donors (Lipinski definition) is 3. The van der Waals surface area contributed by atoms with Gasteiger partial charge in [-0.15, -0.1) is 0 Å². The Labute approximate surface area is 201 Å². The summed E-state index contributed by atoms with van der Waals surface area (Å²) in [7, 11) is 0. The lowest BCUT2D eigenvalue weighted by Crippen LogP contribution is -2.41. The Balaban J connectivity index is 1.54. The molecule has 2 aliphatic rings. The molecule has 10 nitrogen and oxygen atoms in total. The Morgan fingerprint density at radius 2 is 2.00 bits per heavy atom. The molecular weight excluding hydrogens is 462 g/mol. The van der Waals surface area contributed by atoms with Crippen molar-refractivity contribution < 1.29 is 19.1 Å². The van der Waals surface area contributed by atoms with Crippen LogP contribution in [0, 0.1) is 12.8 Å². The zero-order valence-electron chi connectivity index (χ0n) is 18.9. The van der Waals surface area contributed by atoms with Crippen LogP contribution in [0.15, 0.2) is 23.0 Å². The zero-order chi connectivity index (χ0) is 24.4. The van der Waals surface area contributed by atoms with Crippen LogP contribution < -0.4 is 21.1 Å². The van der Waals surface area contributed by atoms with Crippen LogP contribution in [0.25, 0.3) is 0 Å². The number of piperidine rings is 1. The number of nitrogens with one attached hydrogen (secondary N) is 3. The number of halogens is 1. The van der Waals surface area contributed by atoms with Gasteiger partial charge in [0.1, 0.15) is 5.82 Å². The van der Waals surface area contributed by atoms with Gasteiger partial charge < -0.3 is 20.3 Å². The lowest BCUT2D eigenvalue weighted by Gasteiger charge is -2.32. The Kier molecular flexibility index (Phi) is 6.87. The van der Waals surface area contributed by atoms with Crippen LogP contribution in [0.4, 0.5) is 17.5 Å². The van der Waals surface area contributed by atoms with E-state index in [0.29, 0.717) is 43.2 Å². The highest BCUT2D eigenvalue weighted by Crippen LogP contribution is 2.31. The average Bonchev–Trinajstić information content (AvgIpc) is 2.80. The maximum atomic E-state index is 13.0. The van der Waals surface area contributed by atoms with Crippen LogP contribution >= 0.6 is 11.6 Å². The number of carbonyl (C=O) groups is 3. The molecule has 1 aromatic carbocycles. The number of aromatic nitrogens is 2.